The lowest BCUT2D eigenvalue weighted by molar-refractivity contribution is -0.385. The molecule has 0 fully saturated rings. The molecule has 1 amide bonds. The molecule has 0 saturated carbocycles. The van der Waals surface area contributed by atoms with Crippen LogP contribution in [0.5, 0.6) is 0 Å². The average Bonchev–Trinajstić information content (AvgIpc) is 2.88. The van der Waals surface area contributed by atoms with Crippen molar-refractivity contribution in [1.29, 1.82) is 0 Å². The number of carbonyl (C=O) groups excluding carboxylic acids is 1. The highest BCUT2D eigenvalue weighted by atomic mass is 16.6. The Balaban J connectivity index is 1.89. The Morgan fingerprint density at radius 2 is 2.35 bits per heavy atom. The number of hydrogen-bond acceptors (Lipinski definition) is 5. The summed E-state index contributed by atoms with van der Waals surface area (Å²) >= 11 is 0. The first kappa shape index (κ1) is 13.7. The molecule has 8 heteroatoms. The minimum Gasteiger partial charge on any atom is -0.310 e. The molecule has 2 heterocycles. The van der Waals surface area contributed by atoms with Crippen LogP contribution in [0.3, 0.4) is 0 Å². The van der Waals surface area contributed by atoms with Crippen molar-refractivity contribution in [3.05, 3.63) is 46.4 Å². The van der Waals surface area contributed by atoms with Crippen LogP contribution in [-0.2, 0) is 11.3 Å². The lowest BCUT2D eigenvalue weighted by Gasteiger charge is -2.06. The lowest BCUT2D eigenvalue weighted by Crippen LogP contribution is -2.16. The number of nitro groups is 1. The maximum Gasteiger partial charge on any atom is 0.306 e. The van der Waals surface area contributed by atoms with Crippen LogP contribution in [-0.4, -0.2) is 25.6 Å². The first-order valence-corrected chi connectivity index (χ1v) is 5.94. The molecule has 0 spiro atoms. The molecule has 0 aliphatic carbocycles. The second kappa shape index (κ2) is 5.91. The molecule has 0 aromatic carbocycles. The number of rotatable bonds is 5. The van der Waals surface area contributed by atoms with E-state index in [2.05, 4.69) is 15.4 Å². The molecule has 1 N–H and O–H groups in total. The van der Waals surface area contributed by atoms with E-state index in [4.69, 9.17) is 0 Å². The van der Waals surface area contributed by atoms with Crippen molar-refractivity contribution in [3.63, 3.8) is 0 Å². The third-order valence-corrected chi connectivity index (χ3v) is 2.67. The summed E-state index contributed by atoms with van der Waals surface area (Å²) in [4.78, 5) is 25.8. The van der Waals surface area contributed by atoms with Crippen molar-refractivity contribution in [3.8, 4) is 0 Å². The maximum absolute atomic E-state index is 11.8. The van der Waals surface area contributed by atoms with Gasteiger partial charge < -0.3 is 5.32 Å². The highest BCUT2D eigenvalue weighted by molar-refractivity contribution is 5.90. The Labute approximate surface area is 114 Å². The zero-order valence-corrected chi connectivity index (χ0v) is 10.8. The van der Waals surface area contributed by atoms with Gasteiger partial charge in [0.25, 0.3) is 0 Å². The Morgan fingerprint density at radius 3 is 3.00 bits per heavy atom. The van der Waals surface area contributed by atoms with Crippen molar-refractivity contribution >= 4 is 17.4 Å². The van der Waals surface area contributed by atoms with Gasteiger partial charge in [-0.2, -0.15) is 5.10 Å². The third-order valence-electron chi connectivity index (χ3n) is 2.67. The fourth-order valence-corrected chi connectivity index (χ4v) is 1.60. The third kappa shape index (κ3) is 3.37. The minimum atomic E-state index is -0.527. The monoisotopic (exact) mass is 275 g/mol. The molecular formula is C12H13N5O3. The van der Waals surface area contributed by atoms with Crippen molar-refractivity contribution in [1.82, 2.24) is 14.8 Å². The standard InChI is InChI=1S/C12H13N5O3/c1-9-3-2-5-13-12(9)15-11(18)4-6-16-8-10(7-14-16)17(19)20/h2-3,5,7-8H,4,6H2,1H3,(H,13,15,18). The number of pyridine rings is 1. The fraction of sp³-hybridized carbons (Fsp3) is 0.250. The van der Waals surface area contributed by atoms with Gasteiger partial charge in [-0.15, -0.1) is 0 Å². The molecule has 2 rings (SSSR count). The van der Waals surface area contributed by atoms with Crippen LogP contribution in [0.2, 0.25) is 0 Å². The zero-order chi connectivity index (χ0) is 14.5. The van der Waals surface area contributed by atoms with E-state index < -0.39 is 4.92 Å². The predicted octanol–water partition coefficient (Wildman–Crippen LogP) is 1.52. The van der Waals surface area contributed by atoms with Gasteiger partial charge in [0.1, 0.15) is 18.2 Å². The van der Waals surface area contributed by atoms with E-state index in [1.54, 1.807) is 12.3 Å². The van der Waals surface area contributed by atoms with Crippen LogP contribution in [0, 0.1) is 17.0 Å². The zero-order valence-electron chi connectivity index (χ0n) is 10.8. The molecular weight excluding hydrogens is 262 g/mol. The molecule has 104 valence electrons. The number of anilines is 1. The van der Waals surface area contributed by atoms with Gasteiger partial charge in [-0.25, -0.2) is 4.98 Å². The molecule has 0 atom stereocenters. The first-order valence-electron chi connectivity index (χ1n) is 5.94. The second-order valence-electron chi connectivity index (χ2n) is 4.19. The Bertz CT molecular complexity index is 638. The lowest BCUT2D eigenvalue weighted by atomic mass is 10.3. The minimum absolute atomic E-state index is 0.0917. The number of nitrogens with zero attached hydrogens (tertiary/aromatic N) is 4. The predicted molar refractivity (Wildman–Crippen MR) is 71.1 cm³/mol. The van der Waals surface area contributed by atoms with Gasteiger partial charge in [0.2, 0.25) is 5.91 Å². The van der Waals surface area contributed by atoms with Crippen molar-refractivity contribution in [2.24, 2.45) is 0 Å². The van der Waals surface area contributed by atoms with E-state index in [0.29, 0.717) is 5.82 Å². The van der Waals surface area contributed by atoms with Gasteiger partial charge in [0.05, 0.1) is 4.92 Å². The SMILES string of the molecule is Cc1cccnc1NC(=O)CCn1cc([N+](=O)[O-])cn1. The van der Waals surface area contributed by atoms with E-state index in [1.807, 2.05) is 13.0 Å². The summed E-state index contributed by atoms with van der Waals surface area (Å²) in [5.41, 5.74) is 0.779. The highest BCUT2D eigenvalue weighted by Crippen LogP contribution is 2.10. The Morgan fingerprint density at radius 1 is 1.55 bits per heavy atom. The molecule has 0 aliphatic heterocycles. The molecule has 0 bridgehead atoms. The van der Waals surface area contributed by atoms with E-state index in [1.165, 1.54) is 10.9 Å². The number of amides is 1. The van der Waals surface area contributed by atoms with E-state index in [0.717, 1.165) is 11.8 Å². The van der Waals surface area contributed by atoms with E-state index >= 15 is 0 Å². The number of carbonyl (C=O) groups is 1. The number of aryl methyl sites for hydroxylation is 2. The molecule has 0 aliphatic rings. The van der Waals surface area contributed by atoms with Gasteiger partial charge in [0, 0.05) is 19.2 Å². The van der Waals surface area contributed by atoms with Crippen LogP contribution in [0.25, 0.3) is 0 Å². The van der Waals surface area contributed by atoms with Gasteiger partial charge in [-0.05, 0) is 18.6 Å². The molecule has 0 saturated heterocycles. The van der Waals surface area contributed by atoms with Crippen molar-refractivity contribution in [2.75, 3.05) is 5.32 Å². The summed E-state index contributed by atoms with van der Waals surface area (Å²) in [6.45, 7) is 2.12. The van der Waals surface area contributed by atoms with Crippen molar-refractivity contribution in [2.45, 2.75) is 19.9 Å². The average molecular weight is 275 g/mol. The van der Waals surface area contributed by atoms with E-state index in [-0.39, 0.29) is 24.6 Å². The molecule has 0 radical (unpaired) electrons. The number of nitrogens with one attached hydrogen (secondary N) is 1. The van der Waals surface area contributed by atoms with E-state index in [9.17, 15) is 14.9 Å². The van der Waals surface area contributed by atoms with Crippen LogP contribution < -0.4 is 5.32 Å². The molecule has 2 aromatic heterocycles. The summed E-state index contributed by atoms with van der Waals surface area (Å²) in [6, 6.07) is 3.63. The van der Waals surface area contributed by atoms with Crippen LogP contribution in [0.15, 0.2) is 30.7 Å². The van der Waals surface area contributed by atoms with Gasteiger partial charge in [0.15, 0.2) is 0 Å². The normalized spacial score (nSPS) is 10.2. The Kier molecular flexibility index (Phi) is 4.04. The number of aromatic nitrogens is 3. The smallest absolute Gasteiger partial charge is 0.306 e. The first-order chi connectivity index (χ1) is 9.56. The van der Waals surface area contributed by atoms with Gasteiger partial charge in [-0.3, -0.25) is 19.6 Å². The summed E-state index contributed by atoms with van der Waals surface area (Å²) in [5, 5.41) is 17.0. The van der Waals surface area contributed by atoms with Crippen LogP contribution in [0.1, 0.15) is 12.0 Å². The van der Waals surface area contributed by atoms with Gasteiger partial charge in [-0.1, -0.05) is 6.07 Å². The second-order valence-corrected chi connectivity index (χ2v) is 4.19. The summed E-state index contributed by atoms with van der Waals surface area (Å²) in [7, 11) is 0. The fourth-order valence-electron chi connectivity index (χ4n) is 1.60. The Hall–Kier alpha value is -2.77. The molecule has 2 aromatic rings. The quantitative estimate of drug-likeness (QED) is 0.658. The topological polar surface area (TPSA) is 103 Å². The molecule has 8 nitrogen and oxygen atoms in total. The van der Waals surface area contributed by atoms with Gasteiger partial charge >= 0.3 is 5.69 Å². The summed E-state index contributed by atoms with van der Waals surface area (Å²) in [6.07, 6.45) is 4.20. The van der Waals surface area contributed by atoms with Crippen LogP contribution in [0.4, 0.5) is 11.5 Å². The molecule has 20 heavy (non-hydrogen) atoms. The summed E-state index contributed by atoms with van der Waals surface area (Å²) < 4.78 is 1.36. The summed E-state index contributed by atoms with van der Waals surface area (Å²) in [5.74, 6) is 0.300. The van der Waals surface area contributed by atoms with Crippen molar-refractivity contribution < 1.29 is 9.72 Å². The molecule has 0 unspecified atom stereocenters. The van der Waals surface area contributed by atoms with Crippen LogP contribution >= 0.6 is 0 Å². The largest absolute Gasteiger partial charge is 0.310 e. The highest BCUT2D eigenvalue weighted by Gasteiger charge is 2.10. The number of hydrogen-bond donors (Lipinski definition) is 1. The maximum atomic E-state index is 11.8.